The van der Waals surface area contributed by atoms with Crippen molar-refractivity contribution in [3.63, 3.8) is 0 Å². The summed E-state index contributed by atoms with van der Waals surface area (Å²) in [7, 11) is 0. The number of carbonyl (C=O) groups is 1. The Labute approximate surface area is 195 Å². The number of ether oxygens (including phenoxy) is 1. The number of benzene rings is 3. The fraction of sp³-hybridized carbons (Fsp3) is 0.345. The zero-order chi connectivity index (χ0) is 23.8. The Morgan fingerprint density at radius 1 is 0.818 bits per heavy atom. The average molecular weight is 445 g/mol. The van der Waals surface area contributed by atoms with Gasteiger partial charge < -0.3 is 14.9 Å². The SMILES string of the molecule is CC1(C)CCC(C)(C)c2cc(-c3cc(-c4ccc(C(=O)O)cc4)ccc3OCCO)ccc21. The van der Waals surface area contributed by atoms with E-state index in [-0.39, 0.29) is 29.6 Å². The Hall–Kier alpha value is -3.11. The monoisotopic (exact) mass is 444 g/mol. The van der Waals surface area contributed by atoms with Crippen molar-refractivity contribution in [2.75, 3.05) is 13.2 Å². The zero-order valence-electron chi connectivity index (χ0n) is 19.8. The summed E-state index contributed by atoms with van der Waals surface area (Å²) in [4.78, 5) is 11.2. The van der Waals surface area contributed by atoms with Crippen molar-refractivity contribution in [1.29, 1.82) is 0 Å². The Balaban J connectivity index is 1.83. The Morgan fingerprint density at radius 3 is 2.06 bits per heavy atom. The molecule has 0 atom stereocenters. The molecule has 3 aromatic rings. The normalized spacial score (nSPS) is 16.2. The number of aromatic carboxylic acids is 1. The van der Waals surface area contributed by atoms with Gasteiger partial charge in [-0.15, -0.1) is 0 Å². The lowest BCUT2D eigenvalue weighted by Crippen LogP contribution is -2.33. The first-order valence-electron chi connectivity index (χ1n) is 11.5. The molecule has 4 nitrogen and oxygen atoms in total. The van der Waals surface area contributed by atoms with Crippen LogP contribution in [-0.4, -0.2) is 29.4 Å². The average Bonchev–Trinajstić information content (AvgIpc) is 2.80. The number of hydrogen-bond acceptors (Lipinski definition) is 3. The van der Waals surface area contributed by atoms with E-state index >= 15 is 0 Å². The molecule has 172 valence electrons. The molecule has 4 rings (SSSR count). The number of aliphatic hydroxyl groups is 1. The van der Waals surface area contributed by atoms with Gasteiger partial charge in [-0.2, -0.15) is 0 Å². The topological polar surface area (TPSA) is 66.8 Å². The molecule has 0 radical (unpaired) electrons. The molecular formula is C29H32O4. The molecule has 3 aromatic carbocycles. The summed E-state index contributed by atoms with van der Waals surface area (Å²) in [6.45, 7) is 9.44. The van der Waals surface area contributed by atoms with Crippen molar-refractivity contribution in [2.45, 2.75) is 51.4 Å². The zero-order valence-corrected chi connectivity index (χ0v) is 19.8. The fourth-order valence-corrected chi connectivity index (χ4v) is 4.78. The van der Waals surface area contributed by atoms with Gasteiger partial charge in [-0.25, -0.2) is 4.79 Å². The number of carboxylic acids is 1. The second-order valence-corrected chi connectivity index (χ2v) is 10.2. The van der Waals surface area contributed by atoms with Crippen LogP contribution in [0.2, 0.25) is 0 Å². The third kappa shape index (κ3) is 4.53. The predicted molar refractivity (Wildman–Crippen MR) is 132 cm³/mol. The van der Waals surface area contributed by atoms with Gasteiger partial charge in [0.25, 0.3) is 0 Å². The van der Waals surface area contributed by atoms with E-state index in [9.17, 15) is 15.0 Å². The molecule has 0 saturated carbocycles. The maximum atomic E-state index is 11.2. The van der Waals surface area contributed by atoms with Gasteiger partial charge in [0.1, 0.15) is 12.4 Å². The summed E-state index contributed by atoms with van der Waals surface area (Å²) in [5, 5.41) is 18.5. The van der Waals surface area contributed by atoms with Crippen molar-refractivity contribution >= 4 is 5.97 Å². The molecule has 0 saturated heterocycles. The van der Waals surface area contributed by atoms with E-state index in [0.29, 0.717) is 0 Å². The van der Waals surface area contributed by atoms with E-state index in [0.717, 1.165) is 34.4 Å². The molecule has 0 amide bonds. The minimum Gasteiger partial charge on any atom is -0.491 e. The summed E-state index contributed by atoms with van der Waals surface area (Å²) >= 11 is 0. The second kappa shape index (κ2) is 8.68. The van der Waals surface area contributed by atoms with E-state index in [2.05, 4.69) is 52.0 Å². The van der Waals surface area contributed by atoms with Crippen molar-refractivity contribution in [2.24, 2.45) is 0 Å². The van der Waals surface area contributed by atoms with Crippen LogP contribution in [0.3, 0.4) is 0 Å². The summed E-state index contributed by atoms with van der Waals surface area (Å²) in [6.07, 6.45) is 2.30. The molecule has 0 fully saturated rings. The highest BCUT2D eigenvalue weighted by molar-refractivity contribution is 5.88. The molecular weight excluding hydrogens is 412 g/mol. The van der Waals surface area contributed by atoms with Crippen LogP contribution < -0.4 is 4.74 Å². The van der Waals surface area contributed by atoms with E-state index in [1.807, 2.05) is 24.3 Å². The number of carboxylic acid groups (broad SMARTS) is 1. The highest BCUT2D eigenvalue weighted by Gasteiger charge is 2.37. The number of aliphatic hydroxyl groups excluding tert-OH is 1. The lowest BCUT2D eigenvalue weighted by molar-refractivity contribution is 0.0697. The lowest BCUT2D eigenvalue weighted by Gasteiger charge is -2.42. The van der Waals surface area contributed by atoms with Crippen LogP contribution >= 0.6 is 0 Å². The van der Waals surface area contributed by atoms with Crippen LogP contribution in [0, 0.1) is 0 Å². The van der Waals surface area contributed by atoms with Gasteiger partial charge >= 0.3 is 5.97 Å². The Kier molecular flexibility index (Phi) is 6.06. The van der Waals surface area contributed by atoms with Gasteiger partial charge in [-0.3, -0.25) is 0 Å². The molecule has 0 bridgehead atoms. The van der Waals surface area contributed by atoms with Gasteiger partial charge in [0, 0.05) is 5.56 Å². The molecule has 1 aliphatic rings. The van der Waals surface area contributed by atoms with Crippen molar-refractivity contribution in [3.05, 3.63) is 77.4 Å². The van der Waals surface area contributed by atoms with Gasteiger partial charge in [0.05, 0.1) is 12.2 Å². The fourth-order valence-electron chi connectivity index (χ4n) is 4.78. The molecule has 0 unspecified atom stereocenters. The standard InChI is InChI=1S/C29H32O4/c1-28(2)13-14-29(3,4)25-18-22(9-11-24(25)28)23-17-21(10-12-26(23)33-16-15-30)19-5-7-20(8-6-19)27(31)32/h5-12,17-18,30H,13-16H2,1-4H3,(H,31,32). The smallest absolute Gasteiger partial charge is 0.335 e. The third-order valence-electron chi connectivity index (χ3n) is 6.96. The first-order chi connectivity index (χ1) is 15.6. The summed E-state index contributed by atoms with van der Waals surface area (Å²) in [5.41, 5.74) is 7.25. The minimum absolute atomic E-state index is 0.0523. The van der Waals surface area contributed by atoms with E-state index in [1.165, 1.54) is 17.5 Å². The van der Waals surface area contributed by atoms with Crippen LogP contribution in [0.4, 0.5) is 0 Å². The maximum Gasteiger partial charge on any atom is 0.335 e. The second-order valence-electron chi connectivity index (χ2n) is 10.2. The number of fused-ring (bicyclic) bond motifs is 1. The van der Waals surface area contributed by atoms with E-state index < -0.39 is 5.97 Å². The molecule has 0 aromatic heterocycles. The van der Waals surface area contributed by atoms with Gasteiger partial charge in [-0.1, -0.05) is 64.1 Å². The van der Waals surface area contributed by atoms with Crippen LogP contribution in [0.15, 0.2) is 60.7 Å². The van der Waals surface area contributed by atoms with E-state index in [1.54, 1.807) is 12.1 Å². The van der Waals surface area contributed by atoms with Crippen molar-refractivity contribution < 1.29 is 19.7 Å². The summed E-state index contributed by atoms with van der Waals surface area (Å²) < 4.78 is 5.89. The van der Waals surface area contributed by atoms with Gasteiger partial charge in [0.2, 0.25) is 0 Å². The molecule has 33 heavy (non-hydrogen) atoms. The van der Waals surface area contributed by atoms with Gasteiger partial charge in [-0.05, 0) is 75.8 Å². The van der Waals surface area contributed by atoms with Crippen molar-refractivity contribution in [1.82, 2.24) is 0 Å². The maximum absolute atomic E-state index is 11.2. The predicted octanol–water partition coefficient (Wildman–Crippen LogP) is 6.44. The first kappa shape index (κ1) is 23.1. The number of rotatable bonds is 6. The molecule has 0 heterocycles. The summed E-state index contributed by atoms with van der Waals surface area (Å²) in [6, 6.07) is 19.6. The highest BCUT2D eigenvalue weighted by Crippen LogP contribution is 2.47. The van der Waals surface area contributed by atoms with E-state index in [4.69, 9.17) is 4.74 Å². The van der Waals surface area contributed by atoms with Gasteiger partial charge in [0.15, 0.2) is 0 Å². The Bertz CT molecular complexity index is 1170. The molecule has 4 heteroatoms. The van der Waals surface area contributed by atoms with Crippen LogP contribution in [-0.2, 0) is 10.8 Å². The molecule has 2 N–H and O–H groups in total. The molecule has 0 aliphatic heterocycles. The van der Waals surface area contributed by atoms with Crippen molar-refractivity contribution in [3.8, 4) is 28.0 Å². The summed E-state index contributed by atoms with van der Waals surface area (Å²) in [5.74, 6) is -0.211. The lowest BCUT2D eigenvalue weighted by atomic mass is 9.63. The molecule has 1 aliphatic carbocycles. The Morgan fingerprint density at radius 2 is 1.42 bits per heavy atom. The van der Waals surface area contributed by atoms with Crippen LogP contribution in [0.25, 0.3) is 22.3 Å². The first-order valence-corrected chi connectivity index (χ1v) is 11.5. The quantitative estimate of drug-likeness (QED) is 0.459. The number of hydrogen-bond donors (Lipinski definition) is 2. The molecule has 0 spiro atoms. The van der Waals surface area contributed by atoms with Crippen LogP contribution in [0.5, 0.6) is 5.75 Å². The highest BCUT2D eigenvalue weighted by atomic mass is 16.5. The largest absolute Gasteiger partial charge is 0.491 e. The third-order valence-corrected chi connectivity index (χ3v) is 6.96. The minimum atomic E-state index is -0.936. The van der Waals surface area contributed by atoms with Crippen LogP contribution in [0.1, 0.15) is 62.0 Å².